The highest BCUT2D eigenvalue weighted by Gasteiger charge is 2.60. The molecule has 0 aliphatic heterocycles. The molecule has 1 aromatic rings. The van der Waals surface area contributed by atoms with Crippen molar-refractivity contribution in [3.8, 4) is 0 Å². The predicted molar refractivity (Wildman–Crippen MR) is 71.6 cm³/mol. The fourth-order valence-corrected chi connectivity index (χ4v) is 3.52. The maximum absolute atomic E-state index is 5.09. The first-order valence-electron chi connectivity index (χ1n) is 6.89. The summed E-state index contributed by atoms with van der Waals surface area (Å²) in [6.45, 7) is 2.78. The Bertz CT molecular complexity index is 392. The molecule has 3 nitrogen and oxygen atoms in total. The maximum Gasteiger partial charge on any atom is 0.0587 e. The van der Waals surface area contributed by atoms with E-state index in [1.807, 2.05) is 12.4 Å². The van der Waals surface area contributed by atoms with E-state index >= 15 is 0 Å². The zero-order valence-electron chi connectivity index (χ0n) is 11.1. The number of hydrogen-bond acceptors (Lipinski definition) is 3. The van der Waals surface area contributed by atoms with E-state index in [1.54, 1.807) is 7.11 Å². The Balaban J connectivity index is 1.66. The monoisotopic (exact) mass is 246 g/mol. The highest BCUT2D eigenvalue weighted by atomic mass is 16.5. The maximum atomic E-state index is 5.09. The molecule has 3 heteroatoms. The van der Waals surface area contributed by atoms with Gasteiger partial charge in [0.1, 0.15) is 0 Å². The molecule has 2 aliphatic rings. The van der Waals surface area contributed by atoms with Crippen LogP contribution in [0.1, 0.15) is 31.2 Å². The number of methoxy groups -OCH3 is 1. The topological polar surface area (TPSA) is 34.1 Å². The van der Waals surface area contributed by atoms with Crippen LogP contribution in [0.4, 0.5) is 0 Å². The molecule has 1 spiro atoms. The molecule has 0 unspecified atom stereocenters. The minimum Gasteiger partial charge on any atom is -0.383 e. The lowest BCUT2D eigenvalue weighted by atomic mass is 9.56. The average Bonchev–Trinajstić information content (AvgIpc) is 3.15. The Kier molecular flexibility index (Phi) is 3.12. The van der Waals surface area contributed by atoms with Crippen molar-refractivity contribution in [1.82, 2.24) is 10.3 Å². The Hall–Kier alpha value is -0.930. The van der Waals surface area contributed by atoms with Gasteiger partial charge in [-0.2, -0.15) is 0 Å². The van der Waals surface area contributed by atoms with Crippen molar-refractivity contribution in [2.24, 2.45) is 5.41 Å². The smallest absolute Gasteiger partial charge is 0.0587 e. The molecule has 0 aromatic carbocycles. The number of aromatic nitrogens is 1. The molecule has 1 aromatic heterocycles. The van der Waals surface area contributed by atoms with Crippen LogP contribution in [-0.4, -0.2) is 31.8 Å². The molecule has 3 rings (SSSR count). The fourth-order valence-electron chi connectivity index (χ4n) is 3.52. The average molecular weight is 246 g/mol. The van der Waals surface area contributed by atoms with Gasteiger partial charge in [0.25, 0.3) is 0 Å². The van der Waals surface area contributed by atoms with Crippen molar-refractivity contribution in [3.63, 3.8) is 0 Å². The lowest BCUT2D eigenvalue weighted by Gasteiger charge is -2.49. The molecule has 2 saturated carbocycles. The largest absolute Gasteiger partial charge is 0.383 e. The second-order valence-corrected chi connectivity index (χ2v) is 6.05. The number of rotatable bonds is 6. The molecule has 0 saturated heterocycles. The molecule has 0 atom stereocenters. The molecular weight excluding hydrogens is 224 g/mol. The van der Waals surface area contributed by atoms with Gasteiger partial charge < -0.3 is 10.1 Å². The molecule has 98 valence electrons. The summed E-state index contributed by atoms with van der Waals surface area (Å²) in [4.78, 5) is 4.29. The van der Waals surface area contributed by atoms with E-state index in [2.05, 4.69) is 22.4 Å². The second-order valence-electron chi connectivity index (χ2n) is 6.05. The third-order valence-corrected chi connectivity index (χ3v) is 4.60. The van der Waals surface area contributed by atoms with Crippen molar-refractivity contribution in [1.29, 1.82) is 0 Å². The zero-order chi connectivity index (χ0) is 12.5. The van der Waals surface area contributed by atoms with Gasteiger partial charge in [-0.05, 0) is 42.7 Å². The van der Waals surface area contributed by atoms with Crippen LogP contribution in [0, 0.1) is 5.41 Å². The van der Waals surface area contributed by atoms with Crippen LogP contribution in [0.3, 0.4) is 0 Å². The summed E-state index contributed by atoms with van der Waals surface area (Å²) in [6.07, 6.45) is 9.46. The molecule has 18 heavy (non-hydrogen) atoms. The first kappa shape index (κ1) is 12.1. The molecule has 2 fully saturated rings. The van der Waals surface area contributed by atoms with Gasteiger partial charge >= 0.3 is 0 Å². The highest BCUT2D eigenvalue weighted by molar-refractivity contribution is 5.31. The fraction of sp³-hybridized carbons (Fsp3) is 0.667. The predicted octanol–water partition coefficient (Wildman–Crippen LogP) is 2.13. The highest BCUT2D eigenvalue weighted by Crippen LogP contribution is 2.68. The van der Waals surface area contributed by atoms with Gasteiger partial charge in [-0.25, -0.2) is 0 Å². The van der Waals surface area contributed by atoms with E-state index in [-0.39, 0.29) is 0 Å². The van der Waals surface area contributed by atoms with Crippen LogP contribution in [0.25, 0.3) is 0 Å². The quantitative estimate of drug-likeness (QED) is 0.781. The lowest BCUT2D eigenvalue weighted by molar-refractivity contribution is 0.111. The van der Waals surface area contributed by atoms with Gasteiger partial charge in [0, 0.05) is 38.0 Å². The van der Waals surface area contributed by atoms with Crippen LogP contribution in [0.5, 0.6) is 0 Å². The number of hydrogen-bond donors (Lipinski definition) is 1. The third kappa shape index (κ3) is 2.17. The summed E-state index contributed by atoms with van der Waals surface area (Å²) < 4.78 is 5.09. The summed E-state index contributed by atoms with van der Waals surface area (Å²) in [7, 11) is 1.75. The normalized spacial score (nSPS) is 22.7. The summed E-state index contributed by atoms with van der Waals surface area (Å²) in [5.74, 6) is 0. The van der Waals surface area contributed by atoms with Gasteiger partial charge in [0.15, 0.2) is 0 Å². The Labute approximate surface area is 109 Å². The summed E-state index contributed by atoms with van der Waals surface area (Å²) in [5.41, 5.74) is 2.45. The van der Waals surface area contributed by atoms with Crippen LogP contribution in [0.15, 0.2) is 24.5 Å². The minimum absolute atomic E-state index is 0.332. The first-order valence-corrected chi connectivity index (χ1v) is 6.89. The van der Waals surface area contributed by atoms with E-state index < -0.39 is 0 Å². The lowest BCUT2D eigenvalue weighted by Crippen LogP contribution is -2.50. The van der Waals surface area contributed by atoms with Gasteiger partial charge in [0.05, 0.1) is 6.61 Å². The zero-order valence-corrected chi connectivity index (χ0v) is 11.1. The molecule has 0 bridgehead atoms. The number of nitrogens with one attached hydrogen (secondary N) is 1. The number of pyridine rings is 1. The standard InChI is InChI=1S/C15H22N2O/c1-18-8-7-17-12-15(10-14(11-15)4-5-14)13-3-2-6-16-9-13/h2-3,6,9,17H,4-5,7-8,10-12H2,1H3. The van der Waals surface area contributed by atoms with Crippen LogP contribution in [-0.2, 0) is 10.2 Å². The molecule has 0 radical (unpaired) electrons. The summed E-state index contributed by atoms with van der Waals surface area (Å²) in [6, 6.07) is 4.30. The van der Waals surface area contributed by atoms with Crippen molar-refractivity contribution >= 4 is 0 Å². The summed E-state index contributed by atoms with van der Waals surface area (Å²) in [5, 5.41) is 3.54. The van der Waals surface area contributed by atoms with Gasteiger partial charge in [0.2, 0.25) is 0 Å². The second kappa shape index (κ2) is 4.63. The minimum atomic E-state index is 0.332. The molecule has 0 amide bonds. The van der Waals surface area contributed by atoms with Crippen molar-refractivity contribution < 1.29 is 4.74 Å². The van der Waals surface area contributed by atoms with Crippen molar-refractivity contribution in [2.45, 2.75) is 31.1 Å². The van der Waals surface area contributed by atoms with Crippen molar-refractivity contribution in [3.05, 3.63) is 30.1 Å². The Morgan fingerprint density at radius 2 is 2.22 bits per heavy atom. The molecule has 2 aliphatic carbocycles. The van der Waals surface area contributed by atoms with E-state index in [4.69, 9.17) is 4.74 Å². The Morgan fingerprint density at radius 3 is 2.83 bits per heavy atom. The number of ether oxygens (including phenoxy) is 1. The number of nitrogens with zero attached hydrogens (tertiary/aromatic N) is 1. The Morgan fingerprint density at radius 1 is 1.39 bits per heavy atom. The third-order valence-electron chi connectivity index (χ3n) is 4.60. The van der Waals surface area contributed by atoms with Crippen LogP contribution < -0.4 is 5.32 Å². The molecule has 1 N–H and O–H groups in total. The van der Waals surface area contributed by atoms with Gasteiger partial charge in [-0.3, -0.25) is 4.98 Å². The van der Waals surface area contributed by atoms with E-state index in [0.29, 0.717) is 10.8 Å². The van der Waals surface area contributed by atoms with Crippen LogP contribution >= 0.6 is 0 Å². The van der Waals surface area contributed by atoms with Gasteiger partial charge in [-0.15, -0.1) is 0 Å². The van der Waals surface area contributed by atoms with Crippen molar-refractivity contribution in [2.75, 3.05) is 26.8 Å². The molecule has 1 heterocycles. The van der Waals surface area contributed by atoms with Gasteiger partial charge in [-0.1, -0.05) is 6.07 Å². The SMILES string of the molecule is COCCNCC1(c2cccnc2)CC2(CC2)C1. The van der Waals surface area contributed by atoms with E-state index in [0.717, 1.165) is 19.7 Å². The van der Waals surface area contributed by atoms with E-state index in [1.165, 1.54) is 31.2 Å². The first-order chi connectivity index (χ1) is 8.79. The molecular formula is C15H22N2O. The van der Waals surface area contributed by atoms with E-state index in [9.17, 15) is 0 Å². The summed E-state index contributed by atoms with van der Waals surface area (Å²) >= 11 is 0. The van der Waals surface area contributed by atoms with Crippen LogP contribution in [0.2, 0.25) is 0 Å².